The van der Waals surface area contributed by atoms with Crippen LogP contribution >= 0.6 is 12.4 Å². The molecule has 0 spiro atoms. The second kappa shape index (κ2) is 6.54. The van der Waals surface area contributed by atoms with Crippen molar-refractivity contribution in [2.24, 2.45) is 5.73 Å². The molecule has 2 unspecified atom stereocenters. The van der Waals surface area contributed by atoms with Crippen molar-refractivity contribution in [3.05, 3.63) is 24.3 Å². The van der Waals surface area contributed by atoms with E-state index in [1.165, 1.54) is 0 Å². The minimum absolute atomic E-state index is 0. The van der Waals surface area contributed by atoms with Gasteiger partial charge in [-0.15, -0.1) is 12.4 Å². The van der Waals surface area contributed by atoms with Crippen LogP contribution in [0.5, 0.6) is 11.5 Å². The first-order valence-electron chi connectivity index (χ1n) is 7.12. The van der Waals surface area contributed by atoms with Gasteiger partial charge in [0.25, 0.3) is 5.91 Å². The van der Waals surface area contributed by atoms with Crippen LogP contribution in [0.1, 0.15) is 19.8 Å². The molecule has 21 heavy (non-hydrogen) atoms. The molecule has 1 aromatic carbocycles. The molecule has 2 heterocycles. The van der Waals surface area contributed by atoms with E-state index in [-0.39, 0.29) is 30.5 Å². The van der Waals surface area contributed by atoms with E-state index in [9.17, 15) is 4.79 Å². The third-order valence-corrected chi connectivity index (χ3v) is 3.94. The maximum absolute atomic E-state index is 12.6. The molecule has 0 aliphatic carbocycles. The molecule has 2 aliphatic heterocycles. The van der Waals surface area contributed by atoms with Gasteiger partial charge in [-0.25, -0.2) is 0 Å². The average Bonchev–Trinajstić information content (AvgIpc) is 2.46. The summed E-state index contributed by atoms with van der Waals surface area (Å²) in [5, 5.41) is 0. The lowest BCUT2D eigenvalue weighted by Crippen LogP contribution is -2.53. The van der Waals surface area contributed by atoms with Crippen molar-refractivity contribution in [2.45, 2.75) is 38.0 Å². The minimum atomic E-state index is -0.570. The number of fused-ring (bicyclic) bond motifs is 1. The Bertz CT molecular complexity index is 503. The highest BCUT2D eigenvalue weighted by molar-refractivity contribution is 5.85. The molecule has 0 aromatic heterocycles. The van der Waals surface area contributed by atoms with Crippen LogP contribution in [0.4, 0.5) is 0 Å². The summed E-state index contributed by atoms with van der Waals surface area (Å²) in [4.78, 5) is 14.4. The third-order valence-electron chi connectivity index (χ3n) is 3.94. The molecule has 1 fully saturated rings. The van der Waals surface area contributed by atoms with Gasteiger partial charge in [0.1, 0.15) is 6.10 Å². The number of hydrogen-bond donors (Lipinski definition) is 1. The Balaban J connectivity index is 0.00000161. The van der Waals surface area contributed by atoms with E-state index < -0.39 is 6.10 Å². The van der Waals surface area contributed by atoms with Gasteiger partial charge < -0.3 is 20.1 Å². The fraction of sp³-hybridized carbons (Fsp3) is 0.533. The van der Waals surface area contributed by atoms with Gasteiger partial charge in [-0.2, -0.15) is 0 Å². The number of piperidine rings is 1. The zero-order valence-electron chi connectivity index (χ0n) is 12.0. The normalized spacial score (nSPS) is 25.1. The van der Waals surface area contributed by atoms with Crippen LogP contribution in [-0.2, 0) is 4.79 Å². The number of carbonyl (C=O) groups excluding carboxylic acids is 1. The summed E-state index contributed by atoms with van der Waals surface area (Å²) in [5.74, 6) is 1.33. The summed E-state index contributed by atoms with van der Waals surface area (Å²) < 4.78 is 11.6. The van der Waals surface area contributed by atoms with Crippen LogP contribution in [0.25, 0.3) is 0 Å². The summed E-state index contributed by atoms with van der Waals surface area (Å²) >= 11 is 0. The first kappa shape index (κ1) is 15.9. The maximum Gasteiger partial charge on any atom is 0.267 e. The number of likely N-dealkylation sites (tertiary alicyclic amines) is 1. The summed E-state index contributed by atoms with van der Waals surface area (Å²) in [6, 6.07) is 7.66. The fourth-order valence-electron chi connectivity index (χ4n) is 2.69. The number of hydrogen-bond acceptors (Lipinski definition) is 4. The molecule has 0 bridgehead atoms. The molecule has 0 saturated carbocycles. The summed E-state index contributed by atoms with van der Waals surface area (Å²) in [6.07, 6.45) is 0.849. The SMILES string of the molecule is CC1Oc2ccccc2OC1C(=O)N1CCC(N)CC1.Cl. The Morgan fingerprint density at radius 3 is 2.38 bits per heavy atom. The highest BCUT2D eigenvalue weighted by Gasteiger charge is 2.37. The van der Waals surface area contributed by atoms with E-state index in [1.807, 2.05) is 36.1 Å². The summed E-state index contributed by atoms with van der Waals surface area (Å²) in [6.45, 7) is 3.27. The van der Waals surface area contributed by atoms with Crippen LogP contribution < -0.4 is 15.2 Å². The van der Waals surface area contributed by atoms with Gasteiger partial charge in [-0.05, 0) is 31.9 Å². The smallest absolute Gasteiger partial charge is 0.267 e. The topological polar surface area (TPSA) is 64.8 Å². The third kappa shape index (κ3) is 3.24. The van der Waals surface area contributed by atoms with E-state index in [2.05, 4.69) is 0 Å². The molecular weight excluding hydrogens is 292 g/mol. The predicted molar refractivity (Wildman–Crippen MR) is 82.0 cm³/mol. The number of rotatable bonds is 1. The molecule has 1 saturated heterocycles. The molecule has 5 nitrogen and oxygen atoms in total. The highest BCUT2D eigenvalue weighted by atomic mass is 35.5. The van der Waals surface area contributed by atoms with E-state index >= 15 is 0 Å². The van der Waals surface area contributed by atoms with E-state index in [0.717, 1.165) is 12.8 Å². The quantitative estimate of drug-likeness (QED) is 0.855. The van der Waals surface area contributed by atoms with Gasteiger partial charge in [0.2, 0.25) is 6.10 Å². The van der Waals surface area contributed by atoms with Crippen molar-refractivity contribution < 1.29 is 14.3 Å². The lowest BCUT2D eigenvalue weighted by Gasteiger charge is -2.36. The number of carbonyl (C=O) groups is 1. The molecule has 0 radical (unpaired) electrons. The fourth-order valence-corrected chi connectivity index (χ4v) is 2.69. The van der Waals surface area contributed by atoms with Crippen LogP contribution in [-0.4, -0.2) is 42.1 Å². The summed E-state index contributed by atoms with van der Waals surface area (Å²) in [7, 11) is 0. The molecule has 3 rings (SSSR count). The lowest BCUT2D eigenvalue weighted by atomic mass is 10.0. The van der Waals surface area contributed by atoms with Crippen LogP contribution in [0.2, 0.25) is 0 Å². The van der Waals surface area contributed by atoms with Gasteiger partial charge in [0.15, 0.2) is 11.5 Å². The monoisotopic (exact) mass is 312 g/mol. The Morgan fingerprint density at radius 1 is 1.19 bits per heavy atom. The Hall–Kier alpha value is -1.46. The zero-order chi connectivity index (χ0) is 14.1. The largest absolute Gasteiger partial charge is 0.482 e. The van der Waals surface area contributed by atoms with Crippen molar-refractivity contribution in [3.63, 3.8) is 0 Å². The van der Waals surface area contributed by atoms with Crippen LogP contribution in [0.15, 0.2) is 24.3 Å². The molecule has 1 aromatic rings. The second-order valence-electron chi connectivity index (χ2n) is 5.47. The first-order valence-corrected chi connectivity index (χ1v) is 7.12. The minimum Gasteiger partial charge on any atom is -0.482 e. The highest BCUT2D eigenvalue weighted by Crippen LogP contribution is 2.34. The van der Waals surface area contributed by atoms with E-state index in [0.29, 0.717) is 24.6 Å². The van der Waals surface area contributed by atoms with Gasteiger partial charge in [0, 0.05) is 19.1 Å². The number of amides is 1. The lowest BCUT2D eigenvalue weighted by molar-refractivity contribution is -0.145. The molecule has 2 atom stereocenters. The molecular formula is C15H21ClN2O3. The predicted octanol–water partition coefficient (Wildman–Crippen LogP) is 1.59. The number of ether oxygens (including phenoxy) is 2. The Kier molecular flexibility index (Phi) is 4.96. The first-order chi connectivity index (χ1) is 9.65. The van der Waals surface area contributed by atoms with Gasteiger partial charge >= 0.3 is 0 Å². The number of benzene rings is 1. The van der Waals surface area contributed by atoms with Gasteiger partial charge in [0.05, 0.1) is 0 Å². The molecule has 6 heteroatoms. The standard InChI is InChI=1S/C15H20N2O3.ClH/c1-10-14(15(18)17-8-6-11(16)7-9-17)20-13-5-3-2-4-12(13)19-10;/h2-5,10-11,14H,6-9,16H2,1H3;1H. The molecule has 116 valence electrons. The molecule has 2 N–H and O–H groups in total. The number of nitrogens with zero attached hydrogens (tertiary/aromatic N) is 1. The van der Waals surface area contributed by atoms with Gasteiger partial charge in [-0.3, -0.25) is 4.79 Å². The van der Waals surface area contributed by atoms with Gasteiger partial charge in [-0.1, -0.05) is 12.1 Å². The van der Waals surface area contributed by atoms with E-state index in [4.69, 9.17) is 15.2 Å². The van der Waals surface area contributed by atoms with Crippen LogP contribution in [0.3, 0.4) is 0 Å². The number of para-hydroxylation sites is 2. The maximum atomic E-state index is 12.6. The summed E-state index contributed by atoms with van der Waals surface area (Å²) in [5.41, 5.74) is 5.87. The zero-order valence-corrected chi connectivity index (χ0v) is 12.8. The average molecular weight is 313 g/mol. The van der Waals surface area contributed by atoms with Crippen molar-refractivity contribution in [2.75, 3.05) is 13.1 Å². The second-order valence-corrected chi connectivity index (χ2v) is 5.47. The van der Waals surface area contributed by atoms with Crippen LogP contribution in [0, 0.1) is 0 Å². The molecule has 1 amide bonds. The van der Waals surface area contributed by atoms with Crippen molar-refractivity contribution in [1.29, 1.82) is 0 Å². The van der Waals surface area contributed by atoms with Crippen molar-refractivity contribution >= 4 is 18.3 Å². The Morgan fingerprint density at radius 2 is 1.76 bits per heavy atom. The Labute approximate surface area is 130 Å². The van der Waals surface area contributed by atoms with Crippen molar-refractivity contribution in [3.8, 4) is 11.5 Å². The number of halogens is 1. The molecule has 2 aliphatic rings. The van der Waals surface area contributed by atoms with E-state index in [1.54, 1.807) is 0 Å². The van der Waals surface area contributed by atoms with Crippen molar-refractivity contribution in [1.82, 2.24) is 4.90 Å². The number of nitrogens with two attached hydrogens (primary N) is 1.